The van der Waals surface area contributed by atoms with E-state index in [1.807, 2.05) is 32.2 Å². The maximum atomic E-state index is 11.6. The molecule has 0 fully saturated rings. The van der Waals surface area contributed by atoms with Gasteiger partial charge in [-0.2, -0.15) is 0 Å². The van der Waals surface area contributed by atoms with Crippen LogP contribution >= 0.6 is 27.3 Å². The summed E-state index contributed by atoms with van der Waals surface area (Å²) in [6.45, 7) is 5.50. The Hall–Kier alpha value is -0.390. The fraction of sp³-hybridized carbons (Fsp3) is 0.545. The molecule has 1 heterocycles. The summed E-state index contributed by atoms with van der Waals surface area (Å²) in [6.07, 6.45) is 0.511. The number of ether oxygens (including phenoxy) is 1. The molecule has 0 unspecified atom stereocenters. The normalized spacial score (nSPS) is 13.6. The quantitative estimate of drug-likeness (QED) is 0.874. The number of esters is 1. The topological polar surface area (TPSA) is 52.3 Å². The van der Waals surface area contributed by atoms with Crippen LogP contribution in [0.15, 0.2) is 15.2 Å². The molecule has 0 aliphatic carbocycles. The number of hydrogen-bond donors (Lipinski definition) is 1. The molecule has 0 spiro atoms. The molecule has 0 amide bonds. The van der Waals surface area contributed by atoms with Gasteiger partial charge in [0.1, 0.15) is 11.6 Å². The Morgan fingerprint density at radius 1 is 1.62 bits per heavy atom. The van der Waals surface area contributed by atoms with Crippen LogP contribution < -0.4 is 5.73 Å². The first-order valence-corrected chi connectivity index (χ1v) is 6.66. The van der Waals surface area contributed by atoms with E-state index in [0.717, 1.165) is 9.35 Å². The molecule has 0 bridgehead atoms. The van der Waals surface area contributed by atoms with Gasteiger partial charge < -0.3 is 10.5 Å². The van der Waals surface area contributed by atoms with Gasteiger partial charge in [0.05, 0.1) is 3.79 Å². The van der Waals surface area contributed by atoms with Crippen LogP contribution in [0.4, 0.5) is 0 Å². The van der Waals surface area contributed by atoms with Gasteiger partial charge in [0.15, 0.2) is 0 Å². The van der Waals surface area contributed by atoms with E-state index in [2.05, 4.69) is 15.9 Å². The minimum absolute atomic E-state index is 0.352. The van der Waals surface area contributed by atoms with Gasteiger partial charge >= 0.3 is 5.97 Å². The minimum Gasteiger partial charge on any atom is -0.459 e. The highest BCUT2D eigenvalue weighted by Crippen LogP contribution is 2.21. The molecule has 16 heavy (non-hydrogen) atoms. The summed E-state index contributed by atoms with van der Waals surface area (Å²) in [4.78, 5) is 11.6. The molecule has 3 nitrogen and oxygen atoms in total. The number of carbonyl (C=O) groups is 1. The van der Waals surface area contributed by atoms with Gasteiger partial charge in [-0.1, -0.05) is 0 Å². The van der Waals surface area contributed by atoms with Crippen molar-refractivity contribution >= 4 is 33.2 Å². The third-order valence-electron chi connectivity index (χ3n) is 1.79. The Labute approximate surface area is 108 Å². The first kappa shape index (κ1) is 13.7. The Morgan fingerprint density at radius 3 is 2.69 bits per heavy atom. The first-order valence-electron chi connectivity index (χ1n) is 4.99. The Kier molecular flexibility index (Phi) is 4.52. The Morgan fingerprint density at radius 2 is 2.25 bits per heavy atom. The lowest BCUT2D eigenvalue weighted by atomic mass is 10.1. The molecule has 1 atom stereocenters. The average molecular weight is 306 g/mol. The average Bonchev–Trinajstić information content (AvgIpc) is 2.48. The van der Waals surface area contributed by atoms with E-state index in [9.17, 15) is 4.79 Å². The first-order chi connectivity index (χ1) is 7.28. The number of carbonyl (C=O) groups excluding carboxylic acids is 1. The third kappa shape index (κ3) is 4.63. The largest absolute Gasteiger partial charge is 0.459 e. The van der Waals surface area contributed by atoms with Crippen molar-refractivity contribution in [3.63, 3.8) is 0 Å². The standard InChI is InChI=1S/C11H16BrNO2S/c1-11(2,3)15-10(14)8(13)4-7-5-9(12)16-6-7/h5-6,8H,4,13H2,1-3H3/t8-/m0/s1. The molecule has 0 aromatic carbocycles. The van der Waals surface area contributed by atoms with E-state index in [4.69, 9.17) is 10.5 Å². The fourth-order valence-electron chi connectivity index (χ4n) is 1.17. The van der Waals surface area contributed by atoms with Gasteiger partial charge in [0.25, 0.3) is 0 Å². The van der Waals surface area contributed by atoms with Crippen LogP contribution in [-0.2, 0) is 16.0 Å². The maximum Gasteiger partial charge on any atom is 0.323 e. The van der Waals surface area contributed by atoms with Gasteiger partial charge in [-0.3, -0.25) is 4.79 Å². The van der Waals surface area contributed by atoms with E-state index < -0.39 is 11.6 Å². The van der Waals surface area contributed by atoms with Gasteiger partial charge in [0, 0.05) is 0 Å². The second-order valence-corrected chi connectivity index (χ2v) is 6.89. The van der Waals surface area contributed by atoms with Gasteiger partial charge in [0.2, 0.25) is 0 Å². The van der Waals surface area contributed by atoms with Crippen LogP contribution in [0, 0.1) is 0 Å². The molecular formula is C11H16BrNO2S. The van der Waals surface area contributed by atoms with Crippen molar-refractivity contribution in [3.8, 4) is 0 Å². The zero-order chi connectivity index (χ0) is 12.3. The van der Waals surface area contributed by atoms with Crippen molar-refractivity contribution in [1.82, 2.24) is 0 Å². The summed E-state index contributed by atoms with van der Waals surface area (Å²) in [7, 11) is 0. The number of halogens is 1. The van der Waals surface area contributed by atoms with Crippen molar-refractivity contribution in [2.45, 2.75) is 38.8 Å². The van der Waals surface area contributed by atoms with Crippen molar-refractivity contribution < 1.29 is 9.53 Å². The highest BCUT2D eigenvalue weighted by Gasteiger charge is 2.22. The lowest BCUT2D eigenvalue weighted by Crippen LogP contribution is -2.38. The third-order valence-corrected chi connectivity index (χ3v) is 3.34. The van der Waals surface area contributed by atoms with Crippen LogP contribution in [0.2, 0.25) is 0 Å². The van der Waals surface area contributed by atoms with Crippen LogP contribution in [0.3, 0.4) is 0 Å². The van der Waals surface area contributed by atoms with E-state index in [1.165, 1.54) is 0 Å². The summed E-state index contributed by atoms with van der Waals surface area (Å²) in [5, 5.41) is 1.98. The molecule has 2 N–H and O–H groups in total. The summed E-state index contributed by atoms with van der Waals surface area (Å²) in [5.41, 5.74) is 6.35. The fourth-order valence-corrected chi connectivity index (χ4v) is 2.39. The van der Waals surface area contributed by atoms with Crippen molar-refractivity contribution in [3.05, 3.63) is 20.8 Å². The van der Waals surface area contributed by atoms with Crippen molar-refractivity contribution in [1.29, 1.82) is 0 Å². The van der Waals surface area contributed by atoms with Crippen LogP contribution in [0.5, 0.6) is 0 Å². The number of nitrogens with two attached hydrogens (primary N) is 1. The predicted molar refractivity (Wildman–Crippen MR) is 69.5 cm³/mol. The predicted octanol–water partition coefficient (Wildman–Crippen LogP) is 2.72. The number of rotatable bonds is 3. The Bertz CT molecular complexity index is 370. The molecule has 1 aromatic heterocycles. The highest BCUT2D eigenvalue weighted by molar-refractivity contribution is 9.11. The van der Waals surface area contributed by atoms with Gasteiger partial charge in [-0.25, -0.2) is 0 Å². The smallest absolute Gasteiger partial charge is 0.323 e. The molecule has 0 aliphatic rings. The SMILES string of the molecule is CC(C)(C)OC(=O)[C@@H](N)Cc1csc(Br)c1. The lowest BCUT2D eigenvalue weighted by Gasteiger charge is -2.21. The molecule has 1 aromatic rings. The van der Waals surface area contributed by atoms with Crippen LogP contribution in [-0.4, -0.2) is 17.6 Å². The van der Waals surface area contributed by atoms with Crippen molar-refractivity contribution in [2.75, 3.05) is 0 Å². The molecule has 5 heteroatoms. The summed E-state index contributed by atoms with van der Waals surface area (Å²) >= 11 is 4.95. The second kappa shape index (κ2) is 5.29. The molecule has 90 valence electrons. The molecule has 0 saturated carbocycles. The summed E-state index contributed by atoms with van der Waals surface area (Å²) < 4.78 is 6.25. The second-order valence-electron chi connectivity index (χ2n) is 4.60. The van der Waals surface area contributed by atoms with Gasteiger partial charge in [-0.05, 0) is 60.1 Å². The molecule has 0 aliphatic heterocycles. The number of thiophene rings is 1. The highest BCUT2D eigenvalue weighted by atomic mass is 79.9. The van der Waals surface area contributed by atoms with Crippen LogP contribution in [0.25, 0.3) is 0 Å². The maximum absolute atomic E-state index is 11.6. The summed E-state index contributed by atoms with van der Waals surface area (Å²) in [5.74, 6) is -0.352. The van der Waals surface area contributed by atoms with Crippen LogP contribution in [0.1, 0.15) is 26.3 Å². The summed E-state index contributed by atoms with van der Waals surface area (Å²) in [6, 6.07) is 1.37. The number of hydrogen-bond acceptors (Lipinski definition) is 4. The lowest BCUT2D eigenvalue weighted by molar-refractivity contribution is -0.156. The van der Waals surface area contributed by atoms with E-state index in [-0.39, 0.29) is 5.97 Å². The zero-order valence-corrected chi connectivity index (χ0v) is 12.0. The van der Waals surface area contributed by atoms with Crippen molar-refractivity contribution in [2.24, 2.45) is 5.73 Å². The van der Waals surface area contributed by atoms with E-state index >= 15 is 0 Å². The monoisotopic (exact) mass is 305 g/mol. The molecule has 0 radical (unpaired) electrons. The zero-order valence-electron chi connectivity index (χ0n) is 9.62. The molecule has 0 saturated heterocycles. The van der Waals surface area contributed by atoms with Gasteiger partial charge in [-0.15, -0.1) is 11.3 Å². The molecular weight excluding hydrogens is 290 g/mol. The Balaban J connectivity index is 2.52. The minimum atomic E-state index is -0.597. The van der Waals surface area contributed by atoms with E-state index in [0.29, 0.717) is 6.42 Å². The van der Waals surface area contributed by atoms with E-state index in [1.54, 1.807) is 11.3 Å². The molecule has 1 rings (SSSR count).